The molecule has 0 saturated carbocycles. The largest absolute Gasteiger partial charge is 0.486 e. The number of nitrogens with one attached hydrogen (secondary N) is 1. The van der Waals surface area contributed by atoms with Crippen LogP contribution < -0.4 is 14.8 Å². The van der Waals surface area contributed by atoms with Gasteiger partial charge in [0, 0.05) is 11.8 Å². The first-order chi connectivity index (χ1) is 14.3. The fourth-order valence-electron chi connectivity index (χ4n) is 2.84. The van der Waals surface area contributed by atoms with Crippen molar-refractivity contribution in [3.63, 3.8) is 0 Å². The smallest absolute Gasteiger partial charge is 0.307 e. The maximum absolute atomic E-state index is 12.5. The molecule has 0 atom stereocenters. The molecule has 8 nitrogen and oxygen atoms in total. The van der Waals surface area contributed by atoms with Crippen molar-refractivity contribution in [1.29, 1.82) is 0 Å². The number of sulfone groups is 1. The molecule has 3 rings (SSSR count). The zero-order chi connectivity index (χ0) is 21.7. The quantitative estimate of drug-likeness (QED) is 0.668. The number of fused-ring (bicyclic) bond motifs is 1. The fourth-order valence-corrected chi connectivity index (χ4v) is 4.08. The maximum atomic E-state index is 12.5. The lowest BCUT2D eigenvalue weighted by Gasteiger charge is -2.18. The second kappa shape index (κ2) is 9.17. The lowest BCUT2D eigenvalue weighted by atomic mass is 10.1. The zero-order valence-electron chi connectivity index (χ0n) is 16.8. The monoisotopic (exact) mass is 433 g/mol. The molecule has 1 N–H and O–H groups in total. The molecule has 0 radical (unpaired) electrons. The van der Waals surface area contributed by atoms with Crippen molar-refractivity contribution >= 4 is 27.4 Å². The van der Waals surface area contributed by atoms with Crippen molar-refractivity contribution < 1.29 is 32.2 Å². The second-order valence-corrected chi connectivity index (χ2v) is 8.94. The molecule has 30 heavy (non-hydrogen) atoms. The fraction of sp³-hybridized carbons (Fsp3) is 0.333. The van der Waals surface area contributed by atoms with Crippen molar-refractivity contribution in [3.8, 4) is 11.5 Å². The number of hydrogen-bond acceptors (Lipinski definition) is 7. The van der Waals surface area contributed by atoms with E-state index in [0.717, 1.165) is 11.1 Å². The van der Waals surface area contributed by atoms with Gasteiger partial charge in [0.25, 0.3) is 5.91 Å². The van der Waals surface area contributed by atoms with Gasteiger partial charge in [-0.15, -0.1) is 0 Å². The van der Waals surface area contributed by atoms with Crippen LogP contribution >= 0.6 is 0 Å². The van der Waals surface area contributed by atoms with E-state index in [4.69, 9.17) is 14.2 Å². The highest BCUT2D eigenvalue weighted by molar-refractivity contribution is 7.91. The summed E-state index contributed by atoms with van der Waals surface area (Å²) < 4.78 is 40.6. The average Bonchev–Trinajstić information content (AvgIpc) is 2.73. The minimum atomic E-state index is -3.72. The average molecular weight is 433 g/mol. The first-order valence-electron chi connectivity index (χ1n) is 9.40. The summed E-state index contributed by atoms with van der Waals surface area (Å²) in [5.74, 6) is -0.870. The van der Waals surface area contributed by atoms with Crippen LogP contribution in [-0.4, -0.2) is 45.9 Å². The van der Waals surface area contributed by atoms with Gasteiger partial charge in [0.15, 0.2) is 27.9 Å². The molecule has 1 aliphatic rings. The van der Waals surface area contributed by atoms with Gasteiger partial charge in [-0.3, -0.25) is 9.59 Å². The number of carbonyl (C=O) groups excluding carboxylic acids is 2. The minimum absolute atomic E-state index is 0.0345. The summed E-state index contributed by atoms with van der Waals surface area (Å²) in [5, 5.41) is 2.67. The van der Waals surface area contributed by atoms with Crippen molar-refractivity contribution in [2.75, 3.05) is 30.9 Å². The number of benzene rings is 2. The summed E-state index contributed by atoms with van der Waals surface area (Å²) >= 11 is 0. The van der Waals surface area contributed by atoms with Crippen molar-refractivity contribution in [2.24, 2.45) is 0 Å². The van der Waals surface area contributed by atoms with Crippen molar-refractivity contribution in [3.05, 3.63) is 47.5 Å². The van der Waals surface area contributed by atoms with Gasteiger partial charge in [0.2, 0.25) is 0 Å². The molecule has 0 fully saturated rings. The molecule has 1 aliphatic heterocycles. The van der Waals surface area contributed by atoms with Gasteiger partial charge >= 0.3 is 5.97 Å². The predicted molar refractivity (Wildman–Crippen MR) is 110 cm³/mol. The number of rotatable bonds is 7. The molecular formula is C21H23NO7S. The number of carbonyl (C=O) groups is 2. The molecule has 0 saturated heterocycles. The number of ether oxygens (including phenoxy) is 3. The van der Waals surface area contributed by atoms with Crippen LogP contribution in [0.3, 0.4) is 0 Å². The van der Waals surface area contributed by atoms with Gasteiger partial charge in [0.1, 0.15) is 13.2 Å². The van der Waals surface area contributed by atoms with Gasteiger partial charge in [-0.2, -0.15) is 0 Å². The molecule has 1 amide bonds. The Morgan fingerprint density at radius 1 is 1.07 bits per heavy atom. The van der Waals surface area contributed by atoms with Crippen LogP contribution in [0.15, 0.2) is 41.3 Å². The lowest BCUT2D eigenvalue weighted by Crippen LogP contribution is -2.22. The van der Waals surface area contributed by atoms with Gasteiger partial charge in [-0.05, 0) is 43.2 Å². The van der Waals surface area contributed by atoms with E-state index in [0.29, 0.717) is 30.4 Å². The predicted octanol–water partition coefficient (Wildman–Crippen LogP) is 2.42. The summed E-state index contributed by atoms with van der Waals surface area (Å²) in [5.41, 5.74) is 2.58. The number of aryl methyl sites for hydroxylation is 1. The first-order valence-corrected chi connectivity index (χ1v) is 11.1. The SMILES string of the molecule is Cc1cccc(NC(=O)COC(=O)CCS(=O)(=O)c2ccc3c(c2)OCCO3)c1C. The third kappa shape index (κ3) is 5.29. The Hall–Kier alpha value is -3.07. The molecule has 2 aromatic carbocycles. The highest BCUT2D eigenvalue weighted by Crippen LogP contribution is 2.32. The van der Waals surface area contributed by atoms with Crippen molar-refractivity contribution in [1.82, 2.24) is 0 Å². The number of esters is 1. The van der Waals surface area contributed by atoms with E-state index in [1.807, 2.05) is 26.0 Å². The Labute approximate surface area is 175 Å². The van der Waals surface area contributed by atoms with E-state index >= 15 is 0 Å². The Bertz CT molecular complexity index is 1060. The Balaban J connectivity index is 1.50. The zero-order valence-corrected chi connectivity index (χ0v) is 17.6. The van der Waals surface area contributed by atoms with Crippen LogP contribution in [0.1, 0.15) is 17.5 Å². The van der Waals surface area contributed by atoms with Gasteiger partial charge in [-0.25, -0.2) is 8.42 Å². The van der Waals surface area contributed by atoms with Gasteiger partial charge < -0.3 is 19.5 Å². The topological polar surface area (TPSA) is 108 Å². The van der Waals surface area contributed by atoms with E-state index in [1.54, 1.807) is 6.07 Å². The normalized spacial score (nSPS) is 12.9. The number of amides is 1. The van der Waals surface area contributed by atoms with Crippen LogP contribution in [0.5, 0.6) is 11.5 Å². The van der Waals surface area contributed by atoms with Crippen LogP contribution in [0.2, 0.25) is 0 Å². The summed E-state index contributed by atoms with van der Waals surface area (Å²) in [6.45, 7) is 4.05. The van der Waals surface area contributed by atoms with Crippen LogP contribution in [0, 0.1) is 13.8 Å². The summed E-state index contributed by atoms with van der Waals surface area (Å²) in [6.07, 6.45) is -0.368. The molecule has 0 unspecified atom stereocenters. The number of hydrogen-bond donors (Lipinski definition) is 1. The van der Waals surface area contributed by atoms with E-state index < -0.39 is 34.1 Å². The number of anilines is 1. The Morgan fingerprint density at radius 2 is 1.80 bits per heavy atom. The van der Waals surface area contributed by atoms with Crippen molar-refractivity contribution in [2.45, 2.75) is 25.2 Å². The van der Waals surface area contributed by atoms with Crippen LogP contribution in [0.25, 0.3) is 0 Å². The summed E-state index contributed by atoms with van der Waals surface area (Å²) in [6, 6.07) is 9.80. The van der Waals surface area contributed by atoms with Crippen LogP contribution in [-0.2, 0) is 24.2 Å². The van der Waals surface area contributed by atoms with E-state index in [9.17, 15) is 18.0 Å². The standard InChI is InChI=1S/C21H23NO7S/c1-14-4-3-5-17(15(14)2)22-20(23)13-29-21(24)8-11-30(25,26)16-6-7-18-19(12-16)28-10-9-27-18/h3-7,12H,8-11,13H2,1-2H3,(H,22,23). The Kier molecular flexibility index (Phi) is 6.61. The lowest BCUT2D eigenvalue weighted by molar-refractivity contribution is -0.146. The Morgan fingerprint density at radius 3 is 2.57 bits per heavy atom. The molecule has 0 bridgehead atoms. The molecule has 0 aromatic heterocycles. The molecule has 0 aliphatic carbocycles. The molecule has 160 valence electrons. The molecule has 2 aromatic rings. The highest BCUT2D eigenvalue weighted by Gasteiger charge is 2.21. The molecule has 0 spiro atoms. The third-order valence-corrected chi connectivity index (χ3v) is 6.40. The van der Waals surface area contributed by atoms with E-state index in [-0.39, 0.29) is 11.3 Å². The first kappa shape index (κ1) is 21.6. The molecular weight excluding hydrogens is 410 g/mol. The van der Waals surface area contributed by atoms with Gasteiger partial charge in [-0.1, -0.05) is 12.1 Å². The summed E-state index contributed by atoms with van der Waals surface area (Å²) in [7, 11) is -3.72. The molecule has 9 heteroatoms. The van der Waals surface area contributed by atoms with E-state index in [2.05, 4.69) is 5.32 Å². The van der Waals surface area contributed by atoms with Crippen LogP contribution in [0.4, 0.5) is 5.69 Å². The van der Waals surface area contributed by atoms with Gasteiger partial charge in [0.05, 0.1) is 17.1 Å². The minimum Gasteiger partial charge on any atom is -0.486 e. The maximum Gasteiger partial charge on any atom is 0.307 e. The second-order valence-electron chi connectivity index (χ2n) is 6.83. The third-order valence-electron chi connectivity index (χ3n) is 4.69. The molecule has 1 heterocycles. The van der Waals surface area contributed by atoms with E-state index in [1.165, 1.54) is 18.2 Å². The summed E-state index contributed by atoms with van der Waals surface area (Å²) in [4.78, 5) is 24.0. The highest BCUT2D eigenvalue weighted by atomic mass is 32.2.